The van der Waals surface area contributed by atoms with Crippen LogP contribution < -0.4 is 11.1 Å². The predicted octanol–water partition coefficient (Wildman–Crippen LogP) is 0.885. The molecule has 0 bridgehead atoms. The molecular formula is C18H28IN5O2. The summed E-state index contributed by atoms with van der Waals surface area (Å²) < 4.78 is 5.44. The molecule has 0 aliphatic carbocycles. The quantitative estimate of drug-likeness (QED) is 0.386. The number of halogens is 1. The minimum absolute atomic E-state index is 0. The Morgan fingerprint density at radius 3 is 2.81 bits per heavy atom. The number of guanidine groups is 1. The fourth-order valence-electron chi connectivity index (χ4n) is 3.52. The maximum absolute atomic E-state index is 11.3. The Labute approximate surface area is 172 Å². The molecule has 8 heteroatoms. The van der Waals surface area contributed by atoms with Gasteiger partial charge in [0.2, 0.25) is 5.91 Å². The van der Waals surface area contributed by atoms with Crippen molar-refractivity contribution in [3.63, 3.8) is 0 Å². The highest BCUT2D eigenvalue weighted by Gasteiger charge is 2.30. The number of likely N-dealkylation sites (tertiary alicyclic amines) is 1. The number of amides is 1. The van der Waals surface area contributed by atoms with Gasteiger partial charge < -0.3 is 20.7 Å². The lowest BCUT2D eigenvalue weighted by molar-refractivity contribution is 0.0195. The van der Waals surface area contributed by atoms with E-state index in [-0.39, 0.29) is 24.0 Å². The third-order valence-corrected chi connectivity index (χ3v) is 4.90. The number of carbonyl (C=O) groups is 1. The highest BCUT2D eigenvalue weighted by atomic mass is 127. The summed E-state index contributed by atoms with van der Waals surface area (Å²) in [6, 6.07) is 7.95. The van der Waals surface area contributed by atoms with Gasteiger partial charge in [-0.2, -0.15) is 0 Å². The largest absolute Gasteiger partial charge is 0.379 e. The van der Waals surface area contributed by atoms with Crippen molar-refractivity contribution < 1.29 is 9.53 Å². The van der Waals surface area contributed by atoms with Crippen molar-refractivity contribution in [3.8, 4) is 0 Å². The van der Waals surface area contributed by atoms with Crippen LogP contribution in [0.4, 0.5) is 0 Å². The van der Waals surface area contributed by atoms with Crippen LogP contribution in [-0.2, 0) is 11.3 Å². The maximum Gasteiger partial charge on any atom is 0.248 e. The van der Waals surface area contributed by atoms with Crippen LogP contribution >= 0.6 is 24.0 Å². The average molecular weight is 473 g/mol. The number of morpholine rings is 1. The number of carbonyl (C=O) groups excluding carboxylic acids is 1. The molecule has 0 radical (unpaired) electrons. The Morgan fingerprint density at radius 1 is 1.35 bits per heavy atom. The Kier molecular flexibility index (Phi) is 8.11. The van der Waals surface area contributed by atoms with E-state index in [9.17, 15) is 4.79 Å². The van der Waals surface area contributed by atoms with E-state index in [1.165, 1.54) is 0 Å². The first kappa shape index (κ1) is 20.9. The number of benzene rings is 1. The monoisotopic (exact) mass is 473 g/mol. The van der Waals surface area contributed by atoms with E-state index >= 15 is 0 Å². The molecule has 0 spiro atoms. The predicted molar refractivity (Wildman–Crippen MR) is 113 cm³/mol. The average Bonchev–Trinajstić information content (AvgIpc) is 3.13. The van der Waals surface area contributed by atoms with Crippen molar-refractivity contribution in [1.29, 1.82) is 0 Å². The molecule has 1 amide bonds. The molecule has 7 nitrogen and oxygen atoms in total. The number of ether oxygens (including phenoxy) is 1. The van der Waals surface area contributed by atoms with Crippen molar-refractivity contribution in [2.45, 2.75) is 19.0 Å². The van der Waals surface area contributed by atoms with Gasteiger partial charge in [0, 0.05) is 51.4 Å². The van der Waals surface area contributed by atoms with Crippen molar-refractivity contribution in [2.75, 3.05) is 46.4 Å². The van der Waals surface area contributed by atoms with Crippen LogP contribution in [0.15, 0.2) is 29.3 Å². The molecule has 1 unspecified atom stereocenters. The first-order chi connectivity index (χ1) is 12.2. The van der Waals surface area contributed by atoms with E-state index in [1.54, 1.807) is 6.07 Å². The lowest BCUT2D eigenvalue weighted by atomic mass is 10.1. The Bertz CT molecular complexity index is 634. The van der Waals surface area contributed by atoms with Crippen LogP contribution in [-0.4, -0.2) is 74.1 Å². The second-order valence-electron chi connectivity index (χ2n) is 6.50. The van der Waals surface area contributed by atoms with Gasteiger partial charge in [-0.25, -0.2) is 0 Å². The normalized spacial score (nSPS) is 21.3. The molecule has 0 saturated carbocycles. The van der Waals surface area contributed by atoms with Gasteiger partial charge in [0.25, 0.3) is 0 Å². The number of hydrogen-bond donors (Lipinski definition) is 2. The molecular weight excluding hydrogens is 445 g/mol. The SMILES string of the molecule is CN=C(NCc1cccc(C(N)=O)c1)N1CCC(N2CCOCC2)C1.I. The van der Waals surface area contributed by atoms with E-state index in [0.717, 1.165) is 57.3 Å². The molecule has 2 aliphatic heterocycles. The smallest absolute Gasteiger partial charge is 0.248 e. The zero-order valence-electron chi connectivity index (χ0n) is 15.2. The zero-order valence-corrected chi connectivity index (χ0v) is 17.5. The van der Waals surface area contributed by atoms with Gasteiger partial charge in [0.1, 0.15) is 0 Å². The highest BCUT2D eigenvalue weighted by Crippen LogP contribution is 2.17. The summed E-state index contributed by atoms with van der Waals surface area (Å²) in [5, 5.41) is 3.40. The molecule has 2 heterocycles. The van der Waals surface area contributed by atoms with Crippen molar-refractivity contribution in [1.82, 2.24) is 15.1 Å². The minimum Gasteiger partial charge on any atom is -0.379 e. The van der Waals surface area contributed by atoms with Crippen molar-refractivity contribution in [3.05, 3.63) is 35.4 Å². The van der Waals surface area contributed by atoms with Gasteiger partial charge in [-0.1, -0.05) is 12.1 Å². The van der Waals surface area contributed by atoms with Gasteiger partial charge in [-0.05, 0) is 24.1 Å². The number of aliphatic imine (C=N–C) groups is 1. The van der Waals surface area contributed by atoms with Gasteiger partial charge >= 0.3 is 0 Å². The molecule has 26 heavy (non-hydrogen) atoms. The van der Waals surface area contributed by atoms with E-state index in [2.05, 4.69) is 20.1 Å². The number of nitrogens with zero attached hydrogens (tertiary/aromatic N) is 3. The molecule has 2 fully saturated rings. The summed E-state index contributed by atoms with van der Waals surface area (Å²) in [6.07, 6.45) is 1.15. The van der Waals surface area contributed by atoms with Crippen LogP contribution in [0.2, 0.25) is 0 Å². The summed E-state index contributed by atoms with van der Waals surface area (Å²) in [5.41, 5.74) is 6.89. The van der Waals surface area contributed by atoms with Crippen LogP contribution in [0.25, 0.3) is 0 Å². The third kappa shape index (κ3) is 5.31. The van der Waals surface area contributed by atoms with Crippen LogP contribution in [0, 0.1) is 0 Å². The van der Waals surface area contributed by atoms with Gasteiger partial charge in [-0.15, -0.1) is 24.0 Å². The molecule has 2 saturated heterocycles. The number of nitrogens with two attached hydrogens (primary N) is 1. The minimum atomic E-state index is -0.404. The lowest BCUT2D eigenvalue weighted by Gasteiger charge is -2.32. The Balaban J connectivity index is 0.00000243. The Morgan fingerprint density at radius 2 is 2.12 bits per heavy atom. The second-order valence-corrected chi connectivity index (χ2v) is 6.50. The van der Waals surface area contributed by atoms with Gasteiger partial charge in [-0.3, -0.25) is 14.7 Å². The molecule has 3 N–H and O–H groups in total. The Hall–Kier alpha value is -1.39. The number of rotatable bonds is 4. The van der Waals surface area contributed by atoms with E-state index in [1.807, 2.05) is 25.2 Å². The summed E-state index contributed by atoms with van der Waals surface area (Å²) >= 11 is 0. The van der Waals surface area contributed by atoms with Crippen molar-refractivity contribution in [2.24, 2.45) is 10.7 Å². The van der Waals surface area contributed by atoms with Gasteiger partial charge in [0.05, 0.1) is 13.2 Å². The molecule has 1 aromatic carbocycles. The first-order valence-electron chi connectivity index (χ1n) is 8.83. The third-order valence-electron chi connectivity index (χ3n) is 4.90. The zero-order chi connectivity index (χ0) is 17.6. The topological polar surface area (TPSA) is 83.2 Å². The maximum atomic E-state index is 11.3. The standard InChI is InChI=1S/C18H27N5O2.HI/c1-20-18(21-12-14-3-2-4-15(11-14)17(19)24)23-6-5-16(13-23)22-7-9-25-10-8-22;/h2-4,11,16H,5-10,12-13H2,1H3,(H2,19,24)(H,20,21);1H. The lowest BCUT2D eigenvalue weighted by Crippen LogP contribution is -2.46. The molecule has 1 aromatic rings. The van der Waals surface area contributed by atoms with E-state index in [4.69, 9.17) is 10.5 Å². The molecule has 2 aliphatic rings. The van der Waals surface area contributed by atoms with Crippen LogP contribution in [0.3, 0.4) is 0 Å². The fourth-order valence-corrected chi connectivity index (χ4v) is 3.52. The van der Waals surface area contributed by atoms with Crippen LogP contribution in [0.1, 0.15) is 22.3 Å². The summed E-state index contributed by atoms with van der Waals surface area (Å²) in [7, 11) is 1.81. The summed E-state index contributed by atoms with van der Waals surface area (Å²) in [4.78, 5) is 20.5. The number of hydrogen-bond acceptors (Lipinski definition) is 4. The van der Waals surface area contributed by atoms with Gasteiger partial charge in [0.15, 0.2) is 5.96 Å². The molecule has 1 atom stereocenters. The molecule has 0 aromatic heterocycles. The van der Waals surface area contributed by atoms with E-state index < -0.39 is 5.91 Å². The molecule has 144 valence electrons. The van der Waals surface area contributed by atoms with Crippen LogP contribution in [0.5, 0.6) is 0 Å². The highest BCUT2D eigenvalue weighted by molar-refractivity contribution is 14.0. The van der Waals surface area contributed by atoms with E-state index in [0.29, 0.717) is 18.2 Å². The first-order valence-corrected chi connectivity index (χ1v) is 8.83. The number of primary amides is 1. The summed E-state index contributed by atoms with van der Waals surface area (Å²) in [5.74, 6) is 0.499. The fraction of sp³-hybridized carbons (Fsp3) is 0.556. The second kappa shape index (κ2) is 10.1. The molecule has 3 rings (SSSR count). The number of nitrogens with one attached hydrogen (secondary N) is 1. The van der Waals surface area contributed by atoms with Crippen molar-refractivity contribution >= 4 is 35.8 Å². The summed E-state index contributed by atoms with van der Waals surface area (Å²) in [6.45, 7) is 6.31.